The molecule has 1 aromatic rings. The number of thiazole rings is 1. The van der Waals surface area contributed by atoms with E-state index in [1.54, 1.807) is 11.7 Å². The number of halogens is 2. The molecule has 0 unspecified atom stereocenters. The van der Waals surface area contributed by atoms with Crippen LogP contribution in [0.5, 0.6) is 0 Å². The molecule has 0 amide bonds. The second kappa shape index (κ2) is 3.38. The fourth-order valence-electron chi connectivity index (χ4n) is 1.53. The third-order valence-corrected chi connectivity index (χ3v) is 3.16. The Morgan fingerprint density at radius 3 is 2.86 bits per heavy atom. The summed E-state index contributed by atoms with van der Waals surface area (Å²) in [6, 6.07) is 0. The molecule has 0 bridgehead atoms. The number of Topliss-reactive ketones (excluding diaryl/α,β-unsaturated/α-hetero) is 1. The summed E-state index contributed by atoms with van der Waals surface area (Å²) in [4.78, 5) is 16.1. The van der Waals surface area contributed by atoms with Gasteiger partial charge in [-0.2, -0.15) is 0 Å². The molecule has 1 aromatic heterocycles. The average molecular weight is 217 g/mol. The number of carbonyl (C=O) groups excluding carboxylic acids is 1. The van der Waals surface area contributed by atoms with Gasteiger partial charge in [-0.3, -0.25) is 9.78 Å². The summed E-state index contributed by atoms with van der Waals surface area (Å²) in [6.07, 6.45) is 1.32. The van der Waals surface area contributed by atoms with Crippen molar-refractivity contribution < 1.29 is 13.6 Å². The van der Waals surface area contributed by atoms with Gasteiger partial charge in [0.15, 0.2) is 0 Å². The SMILES string of the molecule is O=C(Cc1cncs1)C1CC(F)(F)C1. The van der Waals surface area contributed by atoms with Crippen LogP contribution in [0.15, 0.2) is 11.7 Å². The van der Waals surface area contributed by atoms with Crippen LogP contribution in [0.1, 0.15) is 17.7 Å². The van der Waals surface area contributed by atoms with Crippen LogP contribution in [0.4, 0.5) is 8.78 Å². The van der Waals surface area contributed by atoms with E-state index < -0.39 is 11.8 Å². The normalized spacial score (nSPS) is 20.4. The zero-order valence-corrected chi connectivity index (χ0v) is 8.19. The number of aromatic nitrogens is 1. The Kier molecular flexibility index (Phi) is 2.34. The van der Waals surface area contributed by atoms with Crippen molar-refractivity contribution >= 4 is 17.1 Å². The van der Waals surface area contributed by atoms with Gasteiger partial charge in [0.05, 0.1) is 5.51 Å². The lowest BCUT2D eigenvalue weighted by molar-refractivity contribution is -0.147. The Morgan fingerprint density at radius 2 is 2.36 bits per heavy atom. The van der Waals surface area contributed by atoms with E-state index in [1.807, 2.05) is 0 Å². The lowest BCUT2D eigenvalue weighted by Gasteiger charge is -2.33. The maximum absolute atomic E-state index is 12.5. The molecule has 1 saturated carbocycles. The van der Waals surface area contributed by atoms with Crippen LogP contribution in [0, 0.1) is 5.92 Å². The number of hydrogen-bond donors (Lipinski definition) is 0. The molecule has 1 aliphatic rings. The molecule has 2 rings (SSSR count). The highest BCUT2D eigenvalue weighted by Crippen LogP contribution is 2.43. The number of nitrogens with zero attached hydrogens (tertiary/aromatic N) is 1. The third-order valence-electron chi connectivity index (χ3n) is 2.38. The average Bonchev–Trinajstić information content (AvgIpc) is 2.52. The molecule has 14 heavy (non-hydrogen) atoms. The molecular weight excluding hydrogens is 208 g/mol. The molecule has 0 radical (unpaired) electrons. The van der Waals surface area contributed by atoms with Gasteiger partial charge in [-0.25, -0.2) is 8.78 Å². The van der Waals surface area contributed by atoms with E-state index in [-0.39, 0.29) is 25.0 Å². The molecule has 0 spiro atoms. The van der Waals surface area contributed by atoms with Gasteiger partial charge in [0.25, 0.3) is 0 Å². The van der Waals surface area contributed by atoms with Gasteiger partial charge in [0.1, 0.15) is 5.78 Å². The molecule has 0 atom stereocenters. The highest BCUT2D eigenvalue weighted by Gasteiger charge is 2.48. The van der Waals surface area contributed by atoms with E-state index >= 15 is 0 Å². The van der Waals surface area contributed by atoms with Crippen LogP contribution in [-0.2, 0) is 11.2 Å². The molecule has 0 aromatic carbocycles. The molecular formula is C9H9F2NOS. The summed E-state index contributed by atoms with van der Waals surface area (Å²) >= 11 is 1.38. The first-order valence-corrected chi connectivity index (χ1v) is 5.23. The minimum Gasteiger partial charge on any atom is -0.299 e. The van der Waals surface area contributed by atoms with Crippen molar-refractivity contribution in [2.24, 2.45) is 5.92 Å². The molecule has 1 heterocycles. The summed E-state index contributed by atoms with van der Waals surface area (Å²) in [5.41, 5.74) is 1.64. The Morgan fingerprint density at radius 1 is 1.64 bits per heavy atom. The highest BCUT2D eigenvalue weighted by molar-refractivity contribution is 7.09. The molecule has 1 fully saturated rings. The van der Waals surface area contributed by atoms with Gasteiger partial charge in [-0.15, -0.1) is 11.3 Å². The zero-order valence-electron chi connectivity index (χ0n) is 7.37. The van der Waals surface area contributed by atoms with Gasteiger partial charge >= 0.3 is 0 Å². The molecule has 76 valence electrons. The fourth-order valence-corrected chi connectivity index (χ4v) is 2.14. The third kappa shape index (κ3) is 1.97. The van der Waals surface area contributed by atoms with Crippen LogP contribution >= 0.6 is 11.3 Å². The quantitative estimate of drug-likeness (QED) is 0.777. The van der Waals surface area contributed by atoms with Crippen LogP contribution in [0.3, 0.4) is 0 Å². The number of ketones is 1. The topological polar surface area (TPSA) is 30.0 Å². The first-order valence-electron chi connectivity index (χ1n) is 4.35. The Hall–Kier alpha value is -0.840. The smallest absolute Gasteiger partial charge is 0.249 e. The predicted molar refractivity (Wildman–Crippen MR) is 48.5 cm³/mol. The van der Waals surface area contributed by atoms with Crippen molar-refractivity contribution in [1.29, 1.82) is 0 Å². The van der Waals surface area contributed by atoms with Crippen molar-refractivity contribution in [2.45, 2.75) is 25.2 Å². The first-order chi connectivity index (χ1) is 6.57. The van der Waals surface area contributed by atoms with Crippen molar-refractivity contribution in [2.75, 3.05) is 0 Å². The second-order valence-corrected chi connectivity index (χ2v) is 4.54. The summed E-state index contributed by atoms with van der Waals surface area (Å²) < 4.78 is 24.9. The molecule has 1 aliphatic carbocycles. The number of hydrogen-bond acceptors (Lipinski definition) is 3. The van der Waals surface area contributed by atoms with Crippen molar-refractivity contribution in [3.8, 4) is 0 Å². The highest BCUT2D eigenvalue weighted by atomic mass is 32.1. The lowest BCUT2D eigenvalue weighted by Crippen LogP contribution is -2.40. The maximum Gasteiger partial charge on any atom is 0.249 e. The number of carbonyl (C=O) groups is 1. The second-order valence-electron chi connectivity index (χ2n) is 3.57. The molecule has 0 saturated heterocycles. The van der Waals surface area contributed by atoms with Crippen LogP contribution < -0.4 is 0 Å². The predicted octanol–water partition coefficient (Wildman–Crippen LogP) is 2.30. The van der Waals surface area contributed by atoms with E-state index in [0.29, 0.717) is 0 Å². The fraction of sp³-hybridized carbons (Fsp3) is 0.556. The summed E-state index contributed by atoms with van der Waals surface area (Å²) in [5, 5.41) is 0. The van der Waals surface area contributed by atoms with Crippen molar-refractivity contribution in [3.63, 3.8) is 0 Å². The van der Waals surface area contributed by atoms with Crippen LogP contribution in [-0.4, -0.2) is 16.7 Å². The Labute approximate surface area is 84.0 Å². The van der Waals surface area contributed by atoms with E-state index in [0.717, 1.165) is 4.88 Å². The van der Waals surface area contributed by atoms with E-state index in [9.17, 15) is 13.6 Å². The number of rotatable bonds is 3. The molecule has 2 nitrogen and oxygen atoms in total. The van der Waals surface area contributed by atoms with Gasteiger partial charge in [-0.05, 0) is 0 Å². The van der Waals surface area contributed by atoms with Crippen molar-refractivity contribution in [1.82, 2.24) is 4.98 Å². The zero-order chi connectivity index (χ0) is 10.2. The first kappa shape index (κ1) is 9.71. The standard InChI is InChI=1S/C9H9F2NOS/c10-9(11)2-6(3-9)8(13)1-7-4-12-5-14-7/h4-6H,1-3H2. The van der Waals surface area contributed by atoms with E-state index in [2.05, 4.69) is 4.98 Å². The van der Waals surface area contributed by atoms with Gasteiger partial charge < -0.3 is 0 Å². The van der Waals surface area contributed by atoms with Gasteiger partial charge in [0, 0.05) is 36.3 Å². The van der Waals surface area contributed by atoms with Gasteiger partial charge in [0.2, 0.25) is 5.92 Å². The van der Waals surface area contributed by atoms with Gasteiger partial charge in [-0.1, -0.05) is 0 Å². The van der Waals surface area contributed by atoms with Crippen molar-refractivity contribution in [3.05, 3.63) is 16.6 Å². The number of alkyl halides is 2. The minimum absolute atomic E-state index is 0.0832. The van der Waals surface area contributed by atoms with E-state index in [1.165, 1.54) is 11.3 Å². The summed E-state index contributed by atoms with van der Waals surface area (Å²) in [7, 11) is 0. The van der Waals surface area contributed by atoms with Crippen LogP contribution in [0.25, 0.3) is 0 Å². The maximum atomic E-state index is 12.5. The minimum atomic E-state index is -2.60. The van der Waals surface area contributed by atoms with Crippen LogP contribution in [0.2, 0.25) is 0 Å². The molecule has 0 N–H and O–H groups in total. The van der Waals surface area contributed by atoms with E-state index in [4.69, 9.17) is 0 Å². The Balaban J connectivity index is 1.86. The molecule has 0 aliphatic heterocycles. The largest absolute Gasteiger partial charge is 0.299 e. The Bertz CT molecular complexity index is 329. The molecule has 5 heteroatoms. The lowest BCUT2D eigenvalue weighted by atomic mass is 9.77. The summed E-state index contributed by atoms with van der Waals surface area (Å²) in [5.74, 6) is -3.12. The monoisotopic (exact) mass is 217 g/mol. The summed E-state index contributed by atoms with van der Waals surface area (Å²) in [6.45, 7) is 0.